The minimum Gasteiger partial charge on any atom is -0.489 e. The van der Waals surface area contributed by atoms with Gasteiger partial charge in [0.1, 0.15) is 18.1 Å². The van der Waals surface area contributed by atoms with Gasteiger partial charge in [-0.3, -0.25) is 4.79 Å². The molecule has 0 aromatic heterocycles. The summed E-state index contributed by atoms with van der Waals surface area (Å²) in [5.41, 5.74) is 3.72. The molecular weight excluding hydrogens is 356 g/mol. The van der Waals surface area contributed by atoms with E-state index in [1.165, 1.54) is 12.7 Å². The normalized spacial score (nSPS) is 13.7. The van der Waals surface area contributed by atoms with Crippen LogP contribution >= 0.6 is 0 Å². The lowest BCUT2D eigenvalue weighted by molar-refractivity contribution is 0.0600. The number of hydrogen-bond donors (Lipinski definition) is 0. The van der Waals surface area contributed by atoms with E-state index in [1.807, 2.05) is 32.9 Å². The second-order valence-electron chi connectivity index (χ2n) is 6.76. The number of aryl methyl sites for hydroxylation is 1. The fraction of sp³-hybridized carbons (Fsp3) is 0.217. The summed E-state index contributed by atoms with van der Waals surface area (Å²) in [6, 6.07) is 10.3. The quantitative estimate of drug-likeness (QED) is 0.427. The van der Waals surface area contributed by atoms with Gasteiger partial charge in [0.15, 0.2) is 5.76 Å². The van der Waals surface area contributed by atoms with Crippen molar-refractivity contribution in [3.05, 3.63) is 76.1 Å². The average Bonchev–Trinajstić information content (AvgIpc) is 2.97. The number of allylic oxidation sites excluding steroid dienone is 2. The van der Waals surface area contributed by atoms with E-state index in [4.69, 9.17) is 9.47 Å². The zero-order chi connectivity index (χ0) is 20.3. The van der Waals surface area contributed by atoms with Crippen molar-refractivity contribution in [2.24, 2.45) is 0 Å². The Labute approximate surface area is 164 Å². The Bertz CT molecular complexity index is 977. The molecule has 0 unspecified atom stereocenters. The Morgan fingerprint density at radius 1 is 1.14 bits per heavy atom. The molecule has 0 bridgehead atoms. The van der Waals surface area contributed by atoms with Crippen LogP contribution in [0, 0.1) is 6.92 Å². The van der Waals surface area contributed by atoms with Crippen LogP contribution in [0.3, 0.4) is 0 Å². The number of benzene rings is 2. The summed E-state index contributed by atoms with van der Waals surface area (Å²) in [4.78, 5) is 24.3. The molecule has 1 aliphatic heterocycles. The minimum absolute atomic E-state index is 0.166. The molecule has 5 heteroatoms. The number of hydrogen-bond acceptors (Lipinski definition) is 5. The van der Waals surface area contributed by atoms with Crippen LogP contribution in [-0.4, -0.2) is 25.5 Å². The molecule has 28 heavy (non-hydrogen) atoms. The van der Waals surface area contributed by atoms with Gasteiger partial charge in [-0.15, -0.1) is 0 Å². The smallest absolute Gasteiger partial charge is 0.337 e. The van der Waals surface area contributed by atoms with Crippen LogP contribution in [0.25, 0.3) is 6.08 Å². The van der Waals surface area contributed by atoms with Crippen molar-refractivity contribution < 1.29 is 23.8 Å². The highest BCUT2D eigenvalue weighted by Crippen LogP contribution is 2.37. The van der Waals surface area contributed by atoms with E-state index in [-0.39, 0.29) is 11.5 Å². The Morgan fingerprint density at radius 3 is 2.50 bits per heavy atom. The number of esters is 1. The van der Waals surface area contributed by atoms with Crippen LogP contribution in [0.2, 0.25) is 0 Å². The van der Waals surface area contributed by atoms with E-state index in [1.54, 1.807) is 36.4 Å². The Morgan fingerprint density at radius 2 is 1.86 bits per heavy atom. The third-order valence-electron chi connectivity index (χ3n) is 4.31. The Kier molecular flexibility index (Phi) is 5.64. The monoisotopic (exact) mass is 378 g/mol. The van der Waals surface area contributed by atoms with Gasteiger partial charge in [-0.1, -0.05) is 17.7 Å². The second kappa shape index (κ2) is 8.13. The van der Waals surface area contributed by atoms with E-state index in [0.717, 1.165) is 11.1 Å². The predicted octanol–water partition coefficient (Wildman–Crippen LogP) is 4.74. The van der Waals surface area contributed by atoms with E-state index in [2.05, 4.69) is 4.74 Å². The number of carbonyl (C=O) groups is 2. The molecule has 1 heterocycles. The van der Waals surface area contributed by atoms with Gasteiger partial charge in [0.25, 0.3) is 0 Å². The molecule has 1 aliphatic rings. The van der Waals surface area contributed by atoms with E-state index < -0.39 is 5.97 Å². The van der Waals surface area contributed by atoms with E-state index in [9.17, 15) is 9.59 Å². The summed E-state index contributed by atoms with van der Waals surface area (Å²) in [5.74, 6) is 0.821. The van der Waals surface area contributed by atoms with Crippen molar-refractivity contribution in [3.63, 3.8) is 0 Å². The van der Waals surface area contributed by atoms with E-state index >= 15 is 0 Å². The van der Waals surface area contributed by atoms with E-state index in [0.29, 0.717) is 29.2 Å². The van der Waals surface area contributed by atoms with Crippen LogP contribution in [0.15, 0.2) is 53.8 Å². The lowest BCUT2D eigenvalue weighted by atomic mass is 10.0. The van der Waals surface area contributed by atoms with Crippen molar-refractivity contribution in [3.8, 4) is 11.5 Å². The first-order valence-electron chi connectivity index (χ1n) is 8.92. The molecule has 0 amide bonds. The highest BCUT2D eigenvalue weighted by Gasteiger charge is 2.30. The first-order chi connectivity index (χ1) is 13.4. The highest BCUT2D eigenvalue weighted by molar-refractivity contribution is 6.15. The molecule has 0 N–H and O–H groups in total. The number of fused-ring (bicyclic) bond motifs is 1. The van der Waals surface area contributed by atoms with Gasteiger partial charge in [-0.2, -0.15) is 0 Å². The van der Waals surface area contributed by atoms with Crippen LogP contribution < -0.4 is 9.47 Å². The topological polar surface area (TPSA) is 61.8 Å². The summed E-state index contributed by atoms with van der Waals surface area (Å²) >= 11 is 0. The fourth-order valence-corrected chi connectivity index (χ4v) is 2.85. The molecule has 5 nitrogen and oxygen atoms in total. The predicted molar refractivity (Wildman–Crippen MR) is 107 cm³/mol. The average molecular weight is 378 g/mol. The first-order valence-corrected chi connectivity index (χ1v) is 8.92. The van der Waals surface area contributed by atoms with Crippen molar-refractivity contribution in [2.75, 3.05) is 13.7 Å². The molecule has 3 rings (SSSR count). The molecule has 0 radical (unpaired) electrons. The van der Waals surface area contributed by atoms with Crippen molar-refractivity contribution in [2.45, 2.75) is 20.8 Å². The Hall–Kier alpha value is -3.34. The third-order valence-corrected chi connectivity index (χ3v) is 4.31. The molecule has 0 atom stereocenters. The molecule has 0 aliphatic carbocycles. The maximum absolute atomic E-state index is 12.7. The number of rotatable bonds is 5. The van der Waals surface area contributed by atoms with Crippen LogP contribution in [0.4, 0.5) is 0 Å². The van der Waals surface area contributed by atoms with Crippen LogP contribution in [0.1, 0.15) is 45.7 Å². The Balaban J connectivity index is 1.82. The maximum atomic E-state index is 12.7. The number of carbonyl (C=O) groups excluding carboxylic acids is 2. The molecule has 0 fully saturated rings. The number of methoxy groups -OCH3 is 1. The largest absolute Gasteiger partial charge is 0.489 e. The summed E-state index contributed by atoms with van der Waals surface area (Å²) in [5, 5.41) is 0. The third kappa shape index (κ3) is 4.14. The lowest BCUT2D eigenvalue weighted by Crippen LogP contribution is -2.01. The van der Waals surface area contributed by atoms with Gasteiger partial charge in [-0.25, -0.2) is 4.79 Å². The number of Topliss-reactive ketones (excluding diaryl/α,β-unsaturated/α-hetero) is 1. The zero-order valence-corrected chi connectivity index (χ0v) is 16.4. The van der Waals surface area contributed by atoms with Crippen molar-refractivity contribution in [1.82, 2.24) is 0 Å². The number of ketones is 1. The second-order valence-corrected chi connectivity index (χ2v) is 6.76. The summed E-state index contributed by atoms with van der Waals surface area (Å²) < 4.78 is 16.2. The summed E-state index contributed by atoms with van der Waals surface area (Å²) in [7, 11) is 1.33. The van der Waals surface area contributed by atoms with Gasteiger partial charge in [0.2, 0.25) is 5.78 Å². The number of ether oxygens (including phenoxy) is 3. The zero-order valence-electron chi connectivity index (χ0n) is 16.4. The van der Waals surface area contributed by atoms with Gasteiger partial charge in [0, 0.05) is 6.07 Å². The van der Waals surface area contributed by atoms with Gasteiger partial charge >= 0.3 is 5.97 Å². The molecular formula is C23H22O5. The first kappa shape index (κ1) is 19.4. The van der Waals surface area contributed by atoms with Crippen molar-refractivity contribution >= 4 is 17.8 Å². The summed E-state index contributed by atoms with van der Waals surface area (Å²) in [6.45, 7) is 6.34. The SMILES string of the molecule is COC(=O)c1ccc(/C=C2\Oc3cc(OCC=C(C)C)cc(C)c3C2=O)cc1. The molecule has 0 saturated heterocycles. The minimum atomic E-state index is -0.406. The van der Waals surface area contributed by atoms with Crippen molar-refractivity contribution in [1.29, 1.82) is 0 Å². The van der Waals surface area contributed by atoms with Gasteiger partial charge < -0.3 is 14.2 Å². The molecule has 2 aromatic rings. The van der Waals surface area contributed by atoms with Crippen LogP contribution in [-0.2, 0) is 4.74 Å². The molecule has 0 spiro atoms. The fourth-order valence-electron chi connectivity index (χ4n) is 2.85. The van der Waals surface area contributed by atoms with Gasteiger partial charge in [0.05, 0.1) is 18.2 Å². The van der Waals surface area contributed by atoms with Gasteiger partial charge in [-0.05, 0) is 62.2 Å². The lowest BCUT2D eigenvalue weighted by Gasteiger charge is -2.07. The standard InChI is InChI=1S/C23H22O5/c1-14(2)9-10-27-18-11-15(3)21-19(13-18)28-20(22(21)24)12-16-5-7-17(8-6-16)23(25)26-4/h5-9,11-13H,10H2,1-4H3/b20-12-. The molecule has 144 valence electrons. The van der Waals surface area contributed by atoms with Crippen LogP contribution in [0.5, 0.6) is 11.5 Å². The highest BCUT2D eigenvalue weighted by atomic mass is 16.5. The summed E-state index contributed by atoms with van der Waals surface area (Å²) in [6.07, 6.45) is 3.64. The molecule has 2 aromatic carbocycles. The molecule has 0 saturated carbocycles. The maximum Gasteiger partial charge on any atom is 0.337 e.